The lowest BCUT2D eigenvalue weighted by atomic mass is 9.89. The first-order valence-corrected chi connectivity index (χ1v) is 6.00. The predicted octanol–water partition coefficient (Wildman–Crippen LogP) is 2.04. The van der Waals surface area contributed by atoms with Crippen LogP contribution in [0.5, 0.6) is 0 Å². The molecule has 1 unspecified atom stereocenters. The minimum atomic E-state index is -0.0963. The van der Waals surface area contributed by atoms with Gasteiger partial charge in [-0.1, -0.05) is 24.3 Å². The van der Waals surface area contributed by atoms with E-state index in [2.05, 4.69) is 24.4 Å². The van der Waals surface area contributed by atoms with Gasteiger partial charge in [0.2, 0.25) is 5.91 Å². The molecule has 1 N–H and O–H groups in total. The summed E-state index contributed by atoms with van der Waals surface area (Å²) in [6, 6.07) is 8.26. The number of hydrogen-bond acceptors (Lipinski definition) is 2. The van der Waals surface area contributed by atoms with Crippen molar-refractivity contribution in [2.24, 2.45) is 0 Å². The first kappa shape index (κ1) is 12.1. The van der Waals surface area contributed by atoms with Gasteiger partial charge in [-0.3, -0.25) is 4.79 Å². The van der Waals surface area contributed by atoms with Gasteiger partial charge in [-0.25, -0.2) is 0 Å². The first-order chi connectivity index (χ1) is 8.13. The fraction of sp³-hybridized carbons (Fsp3) is 0.500. The van der Waals surface area contributed by atoms with Gasteiger partial charge >= 0.3 is 0 Å². The van der Waals surface area contributed by atoms with E-state index >= 15 is 0 Å². The Morgan fingerprint density at radius 3 is 2.65 bits per heavy atom. The minimum Gasteiger partial charge on any atom is -0.380 e. The second kappa shape index (κ2) is 4.88. The zero-order chi connectivity index (χ0) is 12.3. The predicted molar refractivity (Wildman–Crippen MR) is 66.6 cm³/mol. The fourth-order valence-corrected chi connectivity index (χ4v) is 2.43. The summed E-state index contributed by atoms with van der Waals surface area (Å²) in [4.78, 5) is 11.3. The Kier molecular flexibility index (Phi) is 3.48. The number of benzene rings is 1. The van der Waals surface area contributed by atoms with Gasteiger partial charge in [-0.2, -0.15) is 0 Å². The molecule has 1 fully saturated rings. The van der Waals surface area contributed by atoms with Crippen LogP contribution in [0, 0.1) is 0 Å². The Morgan fingerprint density at radius 2 is 2.06 bits per heavy atom. The molecule has 0 radical (unpaired) electrons. The summed E-state index contributed by atoms with van der Waals surface area (Å²) < 4.78 is 5.20. The zero-order valence-electron chi connectivity index (χ0n) is 10.5. The highest BCUT2D eigenvalue weighted by Gasteiger charge is 2.33. The molecule has 17 heavy (non-hydrogen) atoms. The topological polar surface area (TPSA) is 38.3 Å². The molecule has 1 aromatic rings. The molecule has 3 nitrogen and oxygen atoms in total. The highest BCUT2D eigenvalue weighted by atomic mass is 16.5. The SMILES string of the molecule is COCc1ccccc1CC1(C)CCC(=O)N1. The van der Waals surface area contributed by atoms with Crippen LogP contribution in [0.15, 0.2) is 24.3 Å². The van der Waals surface area contributed by atoms with Gasteiger partial charge in [0.1, 0.15) is 0 Å². The van der Waals surface area contributed by atoms with Crippen LogP contribution in [0.2, 0.25) is 0 Å². The lowest BCUT2D eigenvalue weighted by Gasteiger charge is -2.25. The lowest BCUT2D eigenvalue weighted by molar-refractivity contribution is -0.119. The van der Waals surface area contributed by atoms with Crippen LogP contribution in [0.3, 0.4) is 0 Å². The number of carbonyl (C=O) groups is 1. The Balaban J connectivity index is 2.15. The molecule has 2 rings (SSSR count). The van der Waals surface area contributed by atoms with Gasteiger partial charge in [0.25, 0.3) is 0 Å². The van der Waals surface area contributed by atoms with Crippen LogP contribution in [0.4, 0.5) is 0 Å². The van der Waals surface area contributed by atoms with Crippen molar-refractivity contribution in [2.75, 3.05) is 7.11 Å². The summed E-state index contributed by atoms with van der Waals surface area (Å²) >= 11 is 0. The van der Waals surface area contributed by atoms with Crippen LogP contribution in [-0.2, 0) is 22.6 Å². The monoisotopic (exact) mass is 233 g/mol. The molecule has 1 aliphatic heterocycles. The van der Waals surface area contributed by atoms with Crippen molar-refractivity contribution >= 4 is 5.91 Å². The van der Waals surface area contributed by atoms with Crippen LogP contribution in [0.25, 0.3) is 0 Å². The van der Waals surface area contributed by atoms with Gasteiger partial charge in [0, 0.05) is 19.1 Å². The molecule has 1 amide bonds. The lowest BCUT2D eigenvalue weighted by Crippen LogP contribution is -2.40. The second-order valence-electron chi connectivity index (χ2n) is 4.99. The van der Waals surface area contributed by atoms with Crippen LogP contribution in [-0.4, -0.2) is 18.6 Å². The minimum absolute atomic E-state index is 0.0963. The molecule has 1 aromatic carbocycles. The van der Waals surface area contributed by atoms with Crippen molar-refractivity contribution in [1.29, 1.82) is 0 Å². The fourth-order valence-electron chi connectivity index (χ4n) is 2.43. The summed E-state index contributed by atoms with van der Waals surface area (Å²) in [5.41, 5.74) is 2.37. The van der Waals surface area contributed by atoms with E-state index in [-0.39, 0.29) is 11.4 Å². The molecule has 92 valence electrons. The van der Waals surface area contributed by atoms with E-state index < -0.39 is 0 Å². The van der Waals surface area contributed by atoms with E-state index in [9.17, 15) is 4.79 Å². The van der Waals surface area contributed by atoms with E-state index in [1.807, 2.05) is 12.1 Å². The molecule has 0 spiro atoms. The molecule has 1 heterocycles. The van der Waals surface area contributed by atoms with Crippen LogP contribution >= 0.6 is 0 Å². The second-order valence-corrected chi connectivity index (χ2v) is 4.99. The summed E-state index contributed by atoms with van der Waals surface area (Å²) in [5.74, 6) is 0.164. The number of rotatable bonds is 4. The molecule has 0 aromatic heterocycles. The summed E-state index contributed by atoms with van der Waals surface area (Å²) in [6.45, 7) is 2.74. The van der Waals surface area contributed by atoms with Gasteiger partial charge < -0.3 is 10.1 Å². The Hall–Kier alpha value is -1.35. The average Bonchev–Trinajstić information content (AvgIpc) is 2.62. The molecule has 0 bridgehead atoms. The van der Waals surface area contributed by atoms with Crippen LogP contribution < -0.4 is 5.32 Å². The van der Waals surface area contributed by atoms with Crippen molar-refractivity contribution < 1.29 is 9.53 Å². The third kappa shape index (κ3) is 2.86. The maximum absolute atomic E-state index is 11.3. The maximum Gasteiger partial charge on any atom is 0.220 e. The standard InChI is InChI=1S/C14H19NO2/c1-14(8-7-13(16)15-14)9-11-5-3-4-6-12(11)10-17-2/h3-6H,7-10H2,1-2H3,(H,15,16). The summed E-state index contributed by atoms with van der Waals surface area (Å²) in [5, 5.41) is 3.07. The normalized spacial score (nSPS) is 23.8. The maximum atomic E-state index is 11.3. The molecule has 1 aliphatic rings. The quantitative estimate of drug-likeness (QED) is 0.864. The van der Waals surface area contributed by atoms with E-state index in [0.29, 0.717) is 13.0 Å². The number of methoxy groups -OCH3 is 1. The van der Waals surface area contributed by atoms with Crippen molar-refractivity contribution in [3.8, 4) is 0 Å². The van der Waals surface area contributed by atoms with Gasteiger partial charge in [-0.05, 0) is 30.9 Å². The Labute approximate surface area is 102 Å². The largest absolute Gasteiger partial charge is 0.380 e. The van der Waals surface area contributed by atoms with E-state index in [1.54, 1.807) is 7.11 Å². The van der Waals surface area contributed by atoms with Crippen molar-refractivity contribution in [3.63, 3.8) is 0 Å². The Bertz CT molecular complexity index is 416. The number of carbonyl (C=O) groups excluding carboxylic acids is 1. The van der Waals surface area contributed by atoms with E-state index in [0.717, 1.165) is 12.8 Å². The van der Waals surface area contributed by atoms with Gasteiger partial charge in [0.15, 0.2) is 0 Å². The number of nitrogens with one attached hydrogen (secondary N) is 1. The highest BCUT2D eigenvalue weighted by molar-refractivity contribution is 5.79. The molecule has 1 atom stereocenters. The smallest absolute Gasteiger partial charge is 0.220 e. The molecular weight excluding hydrogens is 214 g/mol. The molecular formula is C14H19NO2. The Morgan fingerprint density at radius 1 is 1.35 bits per heavy atom. The summed E-state index contributed by atoms with van der Waals surface area (Å²) in [7, 11) is 1.70. The van der Waals surface area contributed by atoms with Gasteiger partial charge in [0.05, 0.1) is 6.61 Å². The van der Waals surface area contributed by atoms with E-state index in [4.69, 9.17) is 4.74 Å². The number of ether oxygens (including phenoxy) is 1. The summed E-state index contributed by atoms with van der Waals surface area (Å²) in [6.07, 6.45) is 2.42. The third-order valence-corrected chi connectivity index (χ3v) is 3.34. The highest BCUT2D eigenvalue weighted by Crippen LogP contribution is 2.25. The van der Waals surface area contributed by atoms with E-state index in [1.165, 1.54) is 11.1 Å². The third-order valence-electron chi connectivity index (χ3n) is 3.34. The molecule has 1 saturated heterocycles. The van der Waals surface area contributed by atoms with Crippen LogP contribution in [0.1, 0.15) is 30.9 Å². The molecule has 3 heteroatoms. The molecule has 0 saturated carbocycles. The van der Waals surface area contributed by atoms with Crippen molar-refractivity contribution in [1.82, 2.24) is 5.32 Å². The van der Waals surface area contributed by atoms with Crippen molar-refractivity contribution in [3.05, 3.63) is 35.4 Å². The molecule has 0 aliphatic carbocycles. The number of hydrogen-bond donors (Lipinski definition) is 1. The van der Waals surface area contributed by atoms with Gasteiger partial charge in [-0.15, -0.1) is 0 Å². The average molecular weight is 233 g/mol. The zero-order valence-corrected chi connectivity index (χ0v) is 10.5. The number of amides is 1. The van der Waals surface area contributed by atoms with Crippen molar-refractivity contribution in [2.45, 2.75) is 38.3 Å². The first-order valence-electron chi connectivity index (χ1n) is 6.00.